The second-order valence-corrected chi connectivity index (χ2v) is 7.74. The molecule has 1 fully saturated rings. The first-order valence-corrected chi connectivity index (χ1v) is 10.2. The molecular weight excluding hydrogens is 354 g/mol. The van der Waals surface area contributed by atoms with E-state index in [9.17, 15) is 0 Å². The second-order valence-electron chi connectivity index (χ2n) is 7.33. The highest BCUT2D eigenvalue weighted by molar-refractivity contribution is 7.80. The maximum atomic E-state index is 6.08. The van der Waals surface area contributed by atoms with Crippen LogP contribution in [0.25, 0.3) is 0 Å². The summed E-state index contributed by atoms with van der Waals surface area (Å²) in [4.78, 5) is 4.72. The van der Waals surface area contributed by atoms with Crippen LogP contribution in [0.3, 0.4) is 0 Å². The van der Waals surface area contributed by atoms with Crippen molar-refractivity contribution in [1.29, 1.82) is 0 Å². The van der Waals surface area contributed by atoms with Crippen LogP contribution >= 0.6 is 12.2 Å². The van der Waals surface area contributed by atoms with Crippen molar-refractivity contribution >= 4 is 23.1 Å². The summed E-state index contributed by atoms with van der Waals surface area (Å²) in [6.45, 7) is 6.66. The Morgan fingerprint density at radius 2 is 1.78 bits per heavy atom. The van der Waals surface area contributed by atoms with Gasteiger partial charge in [-0.05, 0) is 62.5 Å². The molecule has 0 bridgehead atoms. The molecule has 0 amide bonds. The largest absolute Gasteiger partial charge is 0.487 e. The highest BCUT2D eigenvalue weighted by atomic mass is 32.1. The van der Waals surface area contributed by atoms with Gasteiger partial charge in [0, 0.05) is 6.04 Å². The minimum atomic E-state index is 0.481. The smallest absolute Gasteiger partial charge is 0.172 e. The van der Waals surface area contributed by atoms with Crippen LogP contribution in [0.4, 0.5) is 5.82 Å². The lowest BCUT2D eigenvalue weighted by Gasteiger charge is -2.25. The van der Waals surface area contributed by atoms with E-state index in [1.54, 1.807) is 0 Å². The van der Waals surface area contributed by atoms with Gasteiger partial charge in [-0.15, -0.1) is 0 Å². The summed E-state index contributed by atoms with van der Waals surface area (Å²) < 4.78 is 6.08. The lowest BCUT2D eigenvalue weighted by atomic mass is 9.96. The summed E-state index contributed by atoms with van der Waals surface area (Å²) in [7, 11) is 0. The van der Waals surface area contributed by atoms with Crippen LogP contribution in [0.1, 0.15) is 54.5 Å². The average molecular weight is 384 g/mol. The van der Waals surface area contributed by atoms with Crippen LogP contribution in [0.15, 0.2) is 30.3 Å². The van der Waals surface area contributed by atoms with E-state index >= 15 is 0 Å². The Kier molecular flexibility index (Phi) is 6.67. The first kappa shape index (κ1) is 19.6. The minimum Gasteiger partial charge on any atom is -0.487 e. The molecule has 5 heteroatoms. The molecule has 2 aromatic rings. The third-order valence-corrected chi connectivity index (χ3v) is 5.48. The number of nitrogens with one attached hydrogen (secondary N) is 2. The highest BCUT2D eigenvalue weighted by Gasteiger charge is 2.17. The Labute approximate surface area is 167 Å². The van der Waals surface area contributed by atoms with Crippen molar-refractivity contribution in [2.75, 3.05) is 5.32 Å². The molecule has 144 valence electrons. The van der Waals surface area contributed by atoms with E-state index in [-0.39, 0.29) is 0 Å². The maximum absolute atomic E-state index is 6.08. The number of pyridine rings is 1. The monoisotopic (exact) mass is 383 g/mol. The van der Waals surface area contributed by atoms with E-state index in [1.165, 1.54) is 32.1 Å². The van der Waals surface area contributed by atoms with Crippen LogP contribution < -0.4 is 15.4 Å². The first-order chi connectivity index (χ1) is 13.0. The number of aromatic nitrogens is 1. The van der Waals surface area contributed by atoms with Crippen molar-refractivity contribution in [3.8, 4) is 5.75 Å². The van der Waals surface area contributed by atoms with Crippen LogP contribution in [0.2, 0.25) is 0 Å². The average Bonchev–Trinajstić information content (AvgIpc) is 2.67. The van der Waals surface area contributed by atoms with Crippen LogP contribution in [0, 0.1) is 20.8 Å². The zero-order valence-electron chi connectivity index (χ0n) is 16.5. The standard InChI is InChI=1S/C22H29N3OS/c1-15-16(2)21(25-22(27)24-19-12-8-5-9-13-19)23-17(3)20(15)26-14-18-10-6-4-7-11-18/h4,6-7,10-11,19H,5,8-9,12-14H2,1-3H3,(H2,23,24,25,27). The highest BCUT2D eigenvalue weighted by Crippen LogP contribution is 2.29. The summed E-state index contributed by atoms with van der Waals surface area (Å²) in [5.74, 6) is 1.67. The number of nitrogens with zero attached hydrogens (tertiary/aromatic N) is 1. The van der Waals surface area contributed by atoms with Crippen molar-refractivity contribution < 1.29 is 4.74 Å². The third-order valence-electron chi connectivity index (χ3n) is 5.26. The molecule has 27 heavy (non-hydrogen) atoms. The summed E-state index contributed by atoms with van der Waals surface area (Å²) in [6.07, 6.45) is 6.28. The molecule has 1 aromatic carbocycles. The SMILES string of the molecule is Cc1nc(NC(=S)NC2CCCCC2)c(C)c(C)c1OCc1ccccc1. The predicted octanol–water partition coefficient (Wildman–Crippen LogP) is 5.20. The predicted molar refractivity (Wildman–Crippen MR) is 115 cm³/mol. The fourth-order valence-corrected chi connectivity index (χ4v) is 3.83. The first-order valence-electron chi connectivity index (χ1n) is 9.76. The lowest BCUT2D eigenvalue weighted by molar-refractivity contribution is 0.300. The molecule has 4 nitrogen and oxygen atoms in total. The van der Waals surface area contributed by atoms with Crippen molar-refractivity contribution in [2.45, 2.75) is 65.5 Å². The maximum Gasteiger partial charge on any atom is 0.172 e. The van der Waals surface area contributed by atoms with Crippen LogP contribution in [-0.4, -0.2) is 16.1 Å². The Morgan fingerprint density at radius 1 is 1.07 bits per heavy atom. The Hall–Kier alpha value is -2.14. The van der Waals surface area contributed by atoms with E-state index in [1.807, 2.05) is 25.1 Å². The van der Waals surface area contributed by atoms with Gasteiger partial charge in [0.1, 0.15) is 18.2 Å². The summed E-state index contributed by atoms with van der Waals surface area (Å²) in [5.41, 5.74) is 4.18. The summed E-state index contributed by atoms with van der Waals surface area (Å²) in [5, 5.41) is 7.40. The van der Waals surface area contributed by atoms with Gasteiger partial charge in [0.2, 0.25) is 0 Å². The Balaban J connectivity index is 1.67. The molecule has 1 saturated carbocycles. The lowest BCUT2D eigenvalue weighted by Crippen LogP contribution is -2.39. The molecule has 0 atom stereocenters. The number of hydrogen-bond acceptors (Lipinski definition) is 3. The van der Waals surface area contributed by atoms with Gasteiger partial charge in [0.05, 0.1) is 5.69 Å². The number of thiocarbonyl (C=S) groups is 1. The molecule has 3 rings (SSSR count). The number of benzene rings is 1. The van der Waals surface area contributed by atoms with Gasteiger partial charge in [-0.3, -0.25) is 0 Å². The van der Waals surface area contributed by atoms with Crippen molar-refractivity contribution in [2.24, 2.45) is 0 Å². The fraction of sp³-hybridized carbons (Fsp3) is 0.455. The zero-order valence-corrected chi connectivity index (χ0v) is 17.3. The molecule has 0 aliphatic heterocycles. The summed E-state index contributed by atoms with van der Waals surface area (Å²) in [6, 6.07) is 10.7. The van der Waals surface area contributed by atoms with E-state index in [4.69, 9.17) is 21.9 Å². The zero-order chi connectivity index (χ0) is 19.2. The van der Waals surface area contributed by atoms with Gasteiger partial charge in [0.15, 0.2) is 5.11 Å². The molecule has 0 unspecified atom stereocenters. The van der Waals surface area contributed by atoms with Crippen molar-refractivity contribution in [3.63, 3.8) is 0 Å². The quantitative estimate of drug-likeness (QED) is 0.695. The fourth-order valence-electron chi connectivity index (χ4n) is 3.56. The summed E-state index contributed by atoms with van der Waals surface area (Å²) >= 11 is 5.52. The van der Waals surface area contributed by atoms with Crippen molar-refractivity contribution in [1.82, 2.24) is 10.3 Å². The number of rotatable bonds is 5. The molecular formula is C22H29N3OS. The molecule has 0 spiro atoms. The molecule has 1 aliphatic carbocycles. The van der Waals surface area contributed by atoms with E-state index in [2.05, 4.69) is 36.6 Å². The van der Waals surface area contributed by atoms with Gasteiger partial charge >= 0.3 is 0 Å². The topological polar surface area (TPSA) is 46.2 Å². The van der Waals surface area contributed by atoms with Gasteiger partial charge in [-0.25, -0.2) is 4.98 Å². The molecule has 2 N–H and O–H groups in total. The van der Waals surface area contributed by atoms with Gasteiger partial charge in [0.25, 0.3) is 0 Å². The Morgan fingerprint density at radius 3 is 2.48 bits per heavy atom. The minimum absolute atomic E-state index is 0.481. The van der Waals surface area contributed by atoms with E-state index in [0.29, 0.717) is 17.8 Å². The molecule has 1 aromatic heterocycles. The molecule has 1 aliphatic rings. The Bertz CT molecular complexity index is 786. The number of aryl methyl sites for hydroxylation is 1. The van der Waals surface area contributed by atoms with E-state index < -0.39 is 0 Å². The number of ether oxygens (including phenoxy) is 1. The number of anilines is 1. The molecule has 0 radical (unpaired) electrons. The van der Waals surface area contributed by atoms with Gasteiger partial charge in [-0.1, -0.05) is 49.6 Å². The van der Waals surface area contributed by atoms with Gasteiger partial charge in [-0.2, -0.15) is 0 Å². The molecule has 1 heterocycles. The van der Waals surface area contributed by atoms with E-state index in [0.717, 1.165) is 34.0 Å². The third kappa shape index (κ3) is 5.19. The van der Waals surface area contributed by atoms with Crippen LogP contribution in [-0.2, 0) is 6.61 Å². The molecule has 0 saturated heterocycles. The van der Waals surface area contributed by atoms with Gasteiger partial charge < -0.3 is 15.4 Å². The number of hydrogen-bond donors (Lipinski definition) is 2. The van der Waals surface area contributed by atoms with Crippen LogP contribution in [0.5, 0.6) is 5.75 Å². The normalized spacial score (nSPS) is 14.6. The van der Waals surface area contributed by atoms with Crippen molar-refractivity contribution in [3.05, 3.63) is 52.7 Å². The second kappa shape index (κ2) is 9.18.